The number of hydrogen-bond donors (Lipinski definition) is 0. The number of aromatic nitrogens is 2. The number of rotatable bonds is 9. The minimum atomic E-state index is -0.222. The van der Waals surface area contributed by atoms with Gasteiger partial charge in [-0.15, -0.1) is 0 Å². The normalized spacial score (nSPS) is 15.4. The summed E-state index contributed by atoms with van der Waals surface area (Å²) < 4.78 is 27.4. The van der Waals surface area contributed by atoms with Crippen LogP contribution in [-0.2, 0) is 17.7 Å². The van der Waals surface area contributed by atoms with E-state index in [0.717, 1.165) is 30.7 Å². The van der Waals surface area contributed by atoms with Gasteiger partial charge in [0.05, 0.1) is 12.7 Å². The molecule has 4 aromatic rings. The van der Waals surface area contributed by atoms with E-state index in [4.69, 9.17) is 9.47 Å². The number of fused-ring (bicyclic) bond motifs is 1. The number of pyridine rings is 1. The van der Waals surface area contributed by atoms with E-state index in [0.29, 0.717) is 43.1 Å². The predicted octanol–water partition coefficient (Wildman–Crippen LogP) is 4.92. The van der Waals surface area contributed by atoms with Crippen molar-refractivity contribution in [2.24, 2.45) is 0 Å². The van der Waals surface area contributed by atoms with Gasteiger partial charge in [0.25, 0.3) is 5.91 Å². The second-order valence-corrected chi connectivity index (χ2v) is 8.75. The van der Waals surface area contributed by atoms with Crippen molar-refractivity contribution in [3.8, 4) is 5.75 Å². The van der Waals surface area contributed by atoms with Crippen LogP contribution in [0.3, 0.4) is 0 Å². The largest absolute Gasteiger partial charge is 0.493 e. The zero-order chi connectivity index (χ0) is 24.0. The Morgan fingerprint density at radius 1 is 1.14 bits per heavy atom. The third kappa shape index (κ3) is 5.69. The first-order valence-corrected chi connectivity index (χ1v) is 12.0. The maximum Gasteiger partial charge on any atom is 0.274 e. The summed E-state index contributed by atoms with van der Waals surface area (Å²) in [7, 11) is 0. The topological polar surface area (TPSA) is 56.1 Å². The van der Waals surface area contributed by atoms with Crippen LogP contribution < -0.4 is 4.74 Å². The minimum Gasteiger partial charge on any atom is -0.493 e. The fourth-order valence-corrected chi connectivity index (χ4v) is 4.39. The Labute approximate surface area is 203 Å². The Bertz CT molecular complexity index is 1270. The third-order valence-corrected chi connectivity index (χ3v) is 6.19. The number of carbonyl (C=O) groups excluding carboxylic acids is 1. The lowest BCUT2D eigenvalue weighted by Crippen LogP contribution is -2.37. The van der Waals surface area contributed by atoms with Crippen molar-refractivity contribution in [1.29, 1.82) is 0 Å². The molecule has 1 aliphatic rings. The summed E-state index contributed by atoms with van der Waals surface area (Å²) in [6, 6.07) is 20.1. The summed E-state index contributed by atoms with van der Waals surface area (Å²) in [6.45, 7) is 2.01. The molecule has 0 radical (unpaired) electrons. The second kappa shape index (κ2) is 10.7. The highest BCUT2D eigenvalue weighted by Gasteiger charge is 2.25. The molecule has 1 atom stereocenters. The number of imidazole rings is 1. The quantitative estimate of drug-likeness (QED) is 0.346. The molecule has 1 saturated heterocycles. The number of amides is 1. The Morgan fingerprint density at radius 3 is 2.86 bits per heavy atom. The van der Waals surface area contributed by atoms with E-state index in [-0.39, 0.29) is 17.8 Å². The van der Waals surface area contributed by atoms with Crippen LogP contribution in [0.15, 0.2) is 79.1 Å². The number of halogens is 1. The van der Waals surface area contributed by atoms with Crippen molar-refractivity contribution in [2.75, 3.05) is 19.8 Å². The van der Waals surface area contributed by atoms with Crippen molar-refractivity contribution in [3.63, 3.8) is 0 Å². The van der Waals surface area contributed by atoms with Gasteiger partial charge >= 0.3 is 0 Å². The molecule has 35 heavy (non-hydrogen) atoms. The van der Waals surface area contributed by atoms with Crippen LogP contribution in [0.1, 0.15) is 34.5 Å². The third-order valence-electron chi connectivity index (χ3n) is 6.19. The van der Waals surface area contributed by atoms with E-state index in [2.05, 4.69) is 4.98 Å². The first-order valence-electron chi connectivity index (χ1n) is 12.0. The monoisotopic (exact) mass is 473 g/mol. The van der Waals surface area contributed by atoms with E-state index >= 15 is 0 Å². The predicted molar refractivity (Wildman–Crippen MR) is 131 cm³/mol. The van der Waals surface area contributed by atoms with Gasteiger partial charge in [-0.25, -0.2) is 9.37 Å². The molecule has 0 N–H and O–H groups in total. The van der Waals surface area contributed by atoms with E-state index in [1.54, 1.807) is 23.2 Å². The summed E-state index contributed by atoms with van der Waals surface area (Å²) in [5.41, 5.74) is 2.72. The fourth-order valence-electron chi connectivity index (χ4n) is 4.39. The van der Waals surface area contributed by atoms with Gasteiger partial charge in [-0.05, 0) is 54.3 Å². The van der Waals surface area contributed by atoms with Gasteiger partial charge in [-0.3, -0.25) is 4.79 Å². The van der Waals surface area contributed by atoms with Crippen LogP contribution in [-0.4, -0.2) is 46.1 Å². The number of benzene rings is 2. The van der Waals surface area contributed by atoms with Gasteiger partial charge < -0.3 is 18.8 Å². The van der Waals surface area contributed by atoms with Gasteiger partial charge in [0, 0.05) is 38.5 Å². The second-order valence-electron chi connectivity index (χ2n) is 8.75. The minimum absolute atomic E-state index is 0.0242. The smallest absolute Gasteiger partial charge is 0.274 e. The number of hydrogen-bond acceptors (Lipinski definition) is 4. The molecule has 3 heterocycles. The van der Waals surface area contributed by atoms with Crippen LogP contribution >= 0.6 is 0 Å². The van der Waals surface area contributed by atoms with Crippen molar-refractivity contribution < 1.29 is 18.7 Å². The average Bonchev–Trinajstić information content (AvgIpc) is 3.54. The van der Waals surface area contributed by atoms with Crippen molar-refractivity contribution in [2.45, 2.75) is 31.9 Å². The van der Waals surface area contributed by atoms with Crippen LogP contribution in [0, 0.1) is 5.82 Å². The lowest BCUT2D eigenvalue weighted by atomic mass is 10.1. The van der Waals surface area contributed by atoms with E-state index in [1.807, 2.05) is 59.1 Å². The number of nitrogens with zero attached hydrogens (tertiary/aromatic N) is 3. The summed E-state index contributed by atoms with van der Waals surface area (Å²) in [4.78, 5) is 19.8. The van der Waals surface area contributed by atoms with Gasteiger partial charge in [0.15, 0.2) is 0 Å². The maximum atomic E-state index is 13.9. The Morgan fingerprint density at radius 2 is 2.03 bits per heavy atom. The van der Waals surface area contributed by atoms with Gasteiger partial charge in [-0.2, -0.15) is 0 Å². The van der Waals surface area contributed by atoms with E-state index < -0.39 is 0 Å². The number of carbonyl (C=O) groups is 1. The molecule has 1 fully saturated rings. The van der Waals surface area contributed by atoms with Gasteiger partial charge in [-0.1, -0.05) is 36.4 Å². The highest BCUT2D eigenvalue weighted by atomic mass is 19.1. The molecule has 0 saturated carbocycles. The SMILES string of the molecule is O=C(c1cn2ccccc2n1)N(Cc1cccc(OCCc2ccccc2F)c1)CC1CCCO1. The van der Waals surface area contributed by atoms with Crippen LogP contribution in [0.25, 0.3) is 5.65 Å². The summed E-state index contributed by atoms with van der Waals surface area (Å²) >= 11 is 0. The summed E-state index contributed by atoms with van der Waals surface area (Å²) in [6.07, 6.45) is 6.10. The molecule has 2 aromatic heterocycles. The molecule has 2 aromatic carbocycles. The summed E-state index contributed by atoms with van der Waals surface area (Å²) in [5, 5.41) is 0. The van der Waals surface area contributed by atoms with Gasteiger partial charge in [0.2, 0.25) is 0 Å². The maximum absolute atomic E-state index is 13.9. The van der Waals surface area contributed by atoms with Crippen LogP contribution in [0.5, 0.6) is 5.75 Å². The molecule has 6 nitrogen and oxygen atoms in total. The zero-order valence-electron chi connectivity index (χ0n) is 19.5. The molecule has 0 bridgehead atoms. The zero-order valence-corrected chi connectivity index (χ0v) is 19.5. The molecular formula is C28H28FN3O3. The van der Waals surface area contributed by atoms with Crippen molar-refractivity contribution >= 4 is 11.6 Å². The Hall–Kier alpha value is -3.71. The lowest BCUT2D eigenvalue weighted by molar-refractivity contribution is 0.0503. The number of ether oxygens (including phenoxy) is 2. The molecule has 0 aliphatic carbocycles. The van der Waals surface area contributed by atoms with Gasteiger partial charge in [0.1, 0.15) is 22.9 Å². The van der Waals surface area contributed by atoms with E-state index in [1.165, 1.54) is 6.07 Å². The first-order chi connectivity index (χ1) is 17.2. The molecule has 1 unspecified atom stereocenters. The fraction of sp³-hybridized carbons (Fsp3) is 0.286. The molecule has 1 aliphatic heterocycles. The lowest BCUT2D eigenvalue weighted by Gasteiger charge is -2.25. The highest BCUT2D eigenvalue weighted by Crippen LogP contribution is 2.20. The average molecular weight is 474 g/mol. The molecule has 7 heteroatoms. The molecular weight excluding hydrogens is 445 g/mol. The Kier molecular flexibility index (Phi) is 7.04. The molecule has 1 amide bonds. The van der Waals surface area contributed by atoms with E-state index in [9.17, 15) is 9.18 Å². The van der Waals surface area contributed by atoms with Crippen LogP contribution in [0.2, 0.25) is 0 Å². The Balaban J connectivity index is 1.29. The first kappa shape index (κ1) is 23.1. The summed E-state index contributed by atoms with van der Waals surface area (Å²) in [5.74, 6) is 0.339. The van der Waals surface area contributed by atoms with Crippen molar-refractivity contribution in [1.82, 2.24) is 14.3 Å². The standard InChI is InChI=1S/C28H28FN3O3/c29-25-11-2-1-8-22(25)13-16-35-23-9-5-7-21(17-23)18-32(19-24-10-6-15-34-24)28(33)26-20-31-14-4-3-12-27(31)30-26/h1-5,7-9,11-12,14,17,20,24H,6,10,13,15-16,18-19H2. The van der Waals surface area contributed by atoms with Crippen molar-refractivity contribution in [3.05, 3.63) is 102 Å². The van der Waals surface area contributed by atoms with Crippen LogP contribution in [0.4, 0.5) is 4.39 Å². The molecule has 180 valence electrons. The molecule has 5 rings (SSSR count). The molecule has 0 spiro atoms. The highest BCUT2D eigenvalue weighted by molar-refractivity contribution is 5.93.